The fourth-order valence-corrected chi connectivity index (χ4v) is 2.17. The van der Waals surface area contributed by atoms with Crippen LogP contribution in [0.15, 0.2) is 22.8 Å². The quantitative estimate of drug-likeness (QED) is 0.828. The molecule has 1 aromatic heterocycles. The van der Waals surface area contributed by atoms with E-state index < -0.39 is 0 Å². The highest BCUT2D eigenvalue weighted by Gasteiger charge is 2.12. The normalized spacial score (nSPS) is 17.9. The van der Waals surface area contributed by atoms with Crippen LogP contribution in [-0.4, -0.2) is 31.2 Å². The molecule has 0 aliphatic carbocycles. The van der Waals surface area contributed by atoms with Gasteiger partial charge in [0.1, 0.15) is 5.82 Å². The molecule has 3 nitrogen and oxygen atoms in total. The van der Waals surface area contributed by atoms with Crippen LogP contribution >= 0.6 is 15.9 Å². The van der Waals surface area contributed by atoms with Crippen LogP contribution in [0.25, 0.3) is 0 Å². The molecule has 0 spiro atoms. The smallest absolute Gasteiger partial charge is 0.142 e. The fraction of sp³-hybridized carbons (Fsp3) is 0.500. The molecule has 0 saturated carbocycles. The van der Waals surface area contributed by atoms with Gasteiger partial charge in [0.25, 0.3) is 0 Å². The maximum atomic E-state index is 4.39. The summed E-state index contributed by atoms with van der Waals surface area (Å²) >= 11 is 3.53. The van der Waals surface area contributed by atoms with Gasteiger partial charge >= 0.3 is 0 Å². The minimum absolute atomic E-state index is 1.04. The van der Waals surface area contributed by atoms with Crippen LogP contribution < -0.4 is 10.2 Å². The summed E-state index contributed by atoms with van der Waals surface area (Å²) in [4.78, 5) is 6.72. The molecule has 0 amide bonds. The van der Waals surface area contributed by atoms with Gasteiger partial charge in [-0.05, 0) is 41.0 Å². The molecule has 2 rings (SSSR count). The van der Waals surface area contributed by atoms with Crippen molar-refractivity contribution in [1.82, 2.24) is 10.3 Å². The van der Waals surface area contributed by atoms with Crippen molar-refractivity contribution in [2.24, 2.45) is 0 Å². The Morgan fingerprint density at radius 1 is 1.36 bits per heavy atom. The molecular formula is C10H14BrN3. The lowest BCUT2D eigenvalue weighted by Crippen LogP contribution is -2.28. The van der Waals surface area contributed by atoms with Gasteiger partial charge in [-0.25, -0.2) is 4.98 Å². The number of rotatable bonds is 1. The van der Waals surface area contributed by atoms with E-state index in [1.807, 2.05) is 18.3 Å². The number of nitrogens with one attached hydrogen (secondary N) is 1. The van der Waals surface area contributed by atoms with Gasteiger partial charge in [-0.15, -0.1) is 0 Å². The Balaban J connectivity index is 2.16. The lowest BCUT2D eigenvalue weighted by Gasteiger charge is -2.21. The fourth-order valence-electron chi connectivity index (χ4n) is 1.67. The third-order valence-electron chi connectivity index (χ3n) is 2.38. The van der Waals surface area contributed by atoms with Crippen molar-refractivity contribution >= 4 is 21.7 Å². The Morgan fingerprint density at radius 2 is 2.29 bits per heavy atom. The summed E-state index contributed by atoms with van der Waals surface area (Å²) in [5.74, 6) is 1.07. The average Bonchev–Trinajstić information content (AvgIpc) is 2.47. The number of hydrogen-bond donors (Lipinski definition) is 1. The second-order valence-corrected chi connectivity index (χ2v) is 4.25. The zero-order valence-corrected chi connectivity index (χ0v) is 9.63. The number of hydrogen-bond acceptors (Lipinski definition) is 3. The second-order valence-electron chi connectivity index (χ2n) is 3.40. The SMILES string of the molecule is Brc1cccnc1N1CCCNCC1. The molecule has 1 aliphatic rings. The summed E-state index contributed by atoms with van der Waals surface area (Å²) in [5.41, 5.74) is 0. The van der Waals surface area contributed by atoms with Crippen molar-refractivity contribution < 1.29 is 0 Å². The van der Waals surface area contributed by atoms with Gasteiger partial charge in [0.15, 0.2) is 0 Å². The molecule has 4 heteroatoms. The van der Waals surface area contributed by atoms with Gasteiger partial charge in [-0.2, -0.15) is 0 Å². The van der Waals surface area contributed by atoms with Gasteiger partial charge in [0.2, 0.25) is 0 Å². The van der Waals surface area contributed by atoms with E-state index in [1.54, 1.807) is 0 Å². The van der Waals surface area contributed by atoms with Crippen molar-refractivity contribution in [2.75, 3.05) is 31.1 Å². The Kier molecular flexibility index (Phi) is 3.37. The molecule has 14 heavy (non-hydrogen) atoms. The highest BCUT2D eigenvalue weighted by Crippen LogP contribution is 2.22. The Hall–Kier alpha value is -0.610. The molecule has 1 N–H and O–H groups in total. The largest absolute Gasteiger partial charge is 0.354 e. The van der Waals surface area contributed by atoms with Crippen LogP contribution in [0.3, 0.4) is 0 Å². The maximum Gasteiger partial charge on any atom is 0.142 e. The first-order chi connectivity index (χ1) is 6.88. The Labute approximate surface area is 92.6 Å². The highest BCUT2D eigenvalue weighted by molar-refractivity contribution is 9.10. The highest BCUT2D eigenvalue weighted by atomic mass is 79.9. The molecule has 76 valence electrons. The first-order valence-electron chi connectivity index (χ1n) is 4.94. The van der Waals surface area contributed by atoms with Crippen LogP contribution in [0, 0.1) is 0 Å². The number of aromatic nitrogens is 1. The Morgan fingerprint density at radius 3 is 3.14 bits per heavy atom. The van der Waals surface area contributed by atoms with E-state index in [0.717, 1.165) is 36.5 Å². The van der Waals surface area contributed by atoms with Gasteiger partial charge in [-0.1, -0.05) is 0 Å². The van der Waals surface area contributed by atoms with Crippen LogP contribution in [-0.2, 0) is 0 Å². The first kappa shape index (κ1) is 9.93. The van der Waals surface area contributed by atoms with Gasteiger partial charge in [-0.3, -0.25) is 0 Å². The summed E-state index contributed by atoms with van der Waals surface area (Å²) in [7, 11) is 0. The predicted molar refractivity (Wildman–Crippen MR) is 61.6 cm³/mol. The van der Waals surface area contributed by atoms with Crippen molar-refractivity contribution in [2.45, 2.75) is 6.42 Å². The number of nitrogens with zero attached hydrogens (tertiary/aromatic N) is 2. The standard InChI is InChI=1S/C10H14BrN3/c11-9-3-1-5-13-10(9)14-7-2-4-12-6-8-14/h1,3,5,12H,2,4,6-8H2. The molecule has 1 aromatic rings. The average molecular weight is 256 g/mol. The van der Waals surface area contributed by atoms with E-state index in [0.29, 0.717) is 0 Å². The maximum absolute atomic E-state index is 4.39. The summed E-state index contributed by atoms with van der Waals surface area (Å²) in [6.45, 7) is 4.28. The Bertz CT molecular complexity index is 295. The third kappa shape index (κ3) is 2.25. The number of anilines is 1. The van der Waals surface area contributed by atoms with Crippen molar-refractivity contribution in [3.63, 3.8) is 0 Å². The van der Waals surface area contributed by atoms with Crippen LogP contribution in [0.1, 0.15) is 6.42 Å². The molecule has 1 saturated heterocycles. The second kappa shape index (κ2) is 4.75. The van der Waals surface area contributed by atoms with E-state index in [2.05, 4.69) is 31.1 Å². The zero-order chi connectivity index (χ0) is 9.80. The minimum Gasteiger partial charge on any atom is -0.354 e. The summed E-state index contributed by atoms with van der Waals surface area (Å²) in [5, 5.41) is 3.38. The minimum atomic E-state index is 1.04. The van der Waals surface area contributed by atoms with Crippen LogP contribution in [0.5, 0.6) is 0 Å². The number of halogens is 1. The van der Waals surface area contributed by atoms with Crippen LogP contribution in [0.4, 0.5) is 5.82 Å². The molecule has 0 aromatic carbocycles. The van der Waals surface area contributed by atoms with Crippen molar-refractivity contribution in [3.8, 4) is 0 Å². The molecule has 2 heterocycles. The van der Waals surface area contributed by atoms with Crippen LogP contribution in [0.2, 0.25) is 0 Å². The molecular weight excluding hydrogens is 242 g/mol. The van der Waals surface area contributed by atoms with E-state index in [-0.39, 0.29) is 0 Å². The zero-order valence-electron chi connectivity index (χ0n) is 8.04. The summed E-state index contributed by atoms with van der Waals surface area (Å²) in [6, 6.07) is 3.99. The van der Waals surface area contributed by atoms with Gasteiger partial charge < -0.3 is 10.2 Å². The van der Waals surface area contributed by atoms with Gasteiger partial charge in [0.05, 0.1) is 4.47 Å². The lowest BCUT2D eigenvalue weighted by atomic mass is 10.3. The third-order valence-corrected chi connectivity index (χ3v) is 3.00. The lowest BCUT2D eigenvalue weighted by molar-refractivity contribution is 0.724. The predicted octanol–water partition coefficient (Wildman–Crippen LogP) is 1.64. The van der Waals surface area contributed by atoms with Crippen molar-refractivity contribution in [1.29, 1.82) is 0 Å². The molecule has 1 fully saturated rings. The monoisotopic (exact) mass is 255 g/mol. The molecule has 0 unspecified atom stereocenters. The number of pyridine rings is 1. The van der Waals surface area contributed by atoms with Crippen molar-refractivity contribution in [3.05, 3.63) is 22.8 Å². The first-order valence-corrected chi connectivity index (χ1v) is 5.73. The van der Waals surface area contributed by atoms with E-state index >= 15 is 0 Å². The molecule has 0 atom stereocenters. The van der Waals surface area contributed by atoms with E-state index in [9.17, 15) is 0 Å². The summed E-state index contributed by atoms with van der Waals surface area (Å²) < 4.78 is 1.09. The van der Waals surface area contributed by atoms with E-state index in [1.165, 1.54) is 6.42 Å². The van der Waals surface area contributed by atoms with Gasteiger partial charge in [0, 0.05) is 25.8 Å². The molecule has 1 aliphatic heterocycles. The topological polar surface area (TPSA) is 28.2 Å². The summed E-state index contributed by atoms with van der Waals surface area (Å²) in [6.07, 6.45) is 3.03. The molecule has 0 radical (unpaired) electrons. The van der Waals surface area contributed by atoms with E-state index in [4.69, 9.17) is 0 Å². The molecule has 0 bridgehead atoms.